The fourth-order valence-electron chi connectivity index (χ4n) is 0.557. The SMILES string of the molecule is [CH2]CCCC[CH]C=C. The monoisotopic (exact) mass is 110 g/mol. The van der Waals surface area contributed by atoms with E-state index in [9.17, 15) is 0 Å². The molecule has 0 aliphatic carbocycles. The molecule has 0 saturated heterocycles. The van der Waals surface area contributed by atoms with Gasteiger partial charge in [0.2, 0.25) is 0 Å². The molecule has 0 atom stereocenters. The normalized spacial score (nSPS) is 9.12. The lowest BCUT2D eigenvalue weighted by Gasteiger charge is -1.91. The Morgan fingerprint density at radius 2 is 2.00 bits per heavy atom. The Labute approximate surface area is 52.6 Å². The molecule has 46 valence electrons. The van der Waals surface area contributed by atoms with Crippen molar-refractivity contribution in [3.8, 4) is 0 Å². The Kier molecular flexibility index (Phi) is 6.52. The number of unbranched alkanes of at least 4 members (excludes halogenated alkanes) is 4. The van der Waals surface area contributed by atoms with Crippen LogP contribution >= 0.6 is 0 Å². The van der Waals surface area contributed by atoms with Crippen molar-refractivity contribution in [2.45, 2.75) is 25.7 Å². The lowest BCUT2D eigenvalue weighted by Crippen LogP contribution is -1.73. The molecule has 0 aliphatic heterocycles. The molecule has 0 rings (SSSR count). The quantitative estimate of drug-likeness (QED) is 0.477. The second kappa shape index (κ2) is 6.74. The molecule has 0 unspecified atom stereocenters. The van der Waals surface area contributed by atoms with Crippen LogP contribution in [0.2, 0.25) is 0 Å². The highest BCUT2D eigenvalue weighted by Crippen LogP contribution is 2.00. The highest BCUT2D eigenvalue weighted by molar-refractivity contribution is 4.85. The van der Waals surface area contributed by atoms with Crippen LogP contribution < -0.4 is 0 Å². The van der Waals surface area contributed by atoms with Gasteiger partial charge in [0.05, 0.1) is 0 Å². The maximum atomic E-state index is 3.74. The van der Waals surface area contributed by atoms with Crippen LogP contribution in [-0.4, -0.2) is 0 Å². The topological polar surface area (TPSA) is 0 Å². The van der Waals surface area contributed by atoms with E-state index in [1.807, 2.05) is 6.08 Å². The van der Waals surface area contributed by atoms with E-state index in [0.29, 0.717) is 0 Å². The summed E-state index contributed by atoms with van der Waals surface area (Å²) in [5, 5.41) is 0. The summed E-state index contributed by atoms with van der Waals surface area (Å²) in [7, 11) is 0. The lowest BCUT2D eigenvalue weighted by atomic mass is 10.2. The molecule has 0 aromatic rings. The summed E-state index contributed by atoms with van der Waals surface area (Å²) in [6.45, 7) is 7.33. The summed E-state index contributed by atoms with van der Waals surface area (Å²) < 4.78 is 0. The second-order valence-electron chi connectivity index (χ2n) is 1.82. The summed E-state index contributed by atoms with van der Waals surface area (Å²) in [5.41, 5.74) is 0. The molecule has 0 aliphatic rings. The van der Waals surface area contributed by atoms with Crippen molar-refractivity contribution in [1.29, 1.82) is 0 Å². The van der Waals surface area contributed by atoms with Crippen molar-refractivity contribution >= 4 is 0 Å². The summed E-state index contributed by atoms with van der Waals surface area (Å²) in [5.74, 6) is 0. The number of hydrogen-bond acceptors (Lipinski definition) is 0. The highest BCUT2D eigenvalue weighted by Gasteiger charge is 1.82. The molecule has 2 radical (unpaired) electrons. The molecular formula is C8H14. The second-order valence-corrected chi connectivity index (χ2v) is 1.82. The zero-order valence-corrected chi connectivity index (χ0v) is 5.40. The predicted molar refractivity (Wildman–Crippen MR) is 38.3 cm³/mol. The molecule has 0 N–H and O–H groups in total. The first-order valence-corrected chi connectivity index (χ1v) is 3.15. The van der Waals surface area contributed by atoms with Gasteiger partial charge in [-0.2, -0.15) is 0 Å². The van der Waals surface area contributed by atoms with Gasteiger partial charge in [0.25, 0.3) is 0 Å². The van der Waals surface area contributed by atoms with E-state index in [1.165, 1.54) is 19.3 Å². The van der Waals surface area contributed by atoms with E-state index in [0.717, 1.165) is 6.42 Å². The minimum absolute atomic E-state index is 1.06. The minimum Gasteiger partial charge on any atom is -0.103 e. The van der Waals surface area contributed by atoms with Gasteiger partial charge in [-0.1, -0.05) is 32.3 Å². The van der Waals surface area contributed by atoms with Gasteiger partial charge in [0, 0.05) is 0 Å². The summed E-state index contributed by atoms with van der Waals surface area (Å²) >= 11 is 0. The minimum atomic E-state index is 1.06. The van der Waals surface area contributed by atoms with Crippen molar-refractivity contribution in [1.82, 2.24) is 0 Å². The van der Waals surface area contributed by atoms with Crippen LogP contribution in [0.4, 0.5) is 0 Å². The smallest absolute Gasteiger partial charge is 0.0173 e. The van der Waals surface area contributed by atoms with Gasteiger partial charge in [-0.15, -0.1) is 6.58 Å². The molecule has 0 nitrogen and oxygen atoms in total. The molecule has 0 fully saturated rings. The van der Waals surface area contributed by atoms with Crippen molar-refractivity contribution < 1.29 is 0 Å². The molecule has 0 heterocycles. The molecule has 0 amide bonds. The van der Waals surface area contributed by atoms with Crippen molar-refractivity contribution in [2.24, 2.45) is 0 Å². The van der Waals surface area contributed by atoms with Gasteiger partial charge in [-0.25, -0.2) is 0 Å². The van der Waals surface area contributed by atoms with Gasteiger partial charge in [0.15, 0.2) is 0 Å². The number of allylic oxidation sites excluding steroid dienone is 1. The molecule has 0 aromatic heterocycles. The van der Waals surface area contributed by atoms with Crippen molar-refractivity contribution in [3.05, 3.63) is 26.0 Å². The molecule has 0 saturated carbocycles. The average molecular weight is 110 g/mol. The fourth-order valence-corrected chi connectivity index (χ4v) is 0.557. The van der Waals surface area contributed by atoms with Crippen LogP contribution in [0.3, 0.4) is 0 Å². The first-order chi connectivity index (χ1) is 3.91. The maximum absolute atomic E-state index is 3.74. The first kappa shape index (κ1) is 7.74. The Bertz CT molecular complexity index is 46.0. The van der Waals surface area contributed by atoms with E-state index in [1.54, 1.807) is 0 Å². The standard InChI is InChI=1S/C8H14/c1-3-5-7-8-6-4-2/h3,5H,1-2,4,6-8H2. The van der Waals surface area contributed by atoms with Crippen molar-refractivity contribution in [3.63, 3.8) is 0 Å². The molecule has 0 heteroatoms. The maximum Gasteiger partial charge on any atom is -0.0173 e. The first-order valence-electron chi connectivity index (χ1n) is 3.15. The Morgan fingerprint density at radius 3 is 2.50 bits per heavy atom. The predicted octanol–water partition coefficient (Wildman–Crippen LogP) is 2.77. The van der Waals surface area contributed by atoms with Crippen molar-refractivity contribution in [2.75, 3.05) is 0 Å². The summed E-state index contributed by atoms with van der Waals surface area (Å²) in [4.78, 5) is 0. The van der Waals surface area contributed by atoms with Crippen LogP contribution in [0.25, 0.3) is 0 Å². The van der Waals surface area contributed by atoms with Crippen LogP contribution in [0, 0.1) is 13.3 Å². The average Bonchev–Trinajstić information content (AvgIpc) is 1.81. The molecular weight excluding hydrogens is 96.1 g/mol. The summed E-state index contributed by atoms with van der Waals surface area (Å²) in [6.07, 6.45) is 8.67. The zero-order valence-electron chi connectivity index (χ0n) is 5.40. The largest absolute Gasteiger partial charge is 0.103 e. The van der Waals surface area contributed by atoms with Crippen LogP contribution in [0.15, 0.2) is 12.7 Å². The molecule has 8 heavy (non-hydrogen) atoms. The van der Waals surface area contributed by atoms with Gasteiger partial charge in [-0.05, 0) is 12.8 Å². The van der Waals surface area contributed by atoms with E-state index in [2.05, 4.69) is 19.9 Å². The Morgan fingerprint density at radius 1 is 1.25 bits per heavy atom. The fraction of sp³-hybridized carbons (Fsp3) is 0.500. The van der Waals surface area contributed by atoms with Gasteiger partial charge < -0.3 is 0 Å². The number of rotatable bonds is 5. The summed E-state index contributed by atoms with van der Waals surface area (Å²) in [6, 6.07) is 0. The number of hydrogen-bond donors (Lipinski definition) is 0. The van der Waals surface area contributed by atoms with Gasteiger partial charge in [-0.3, -0.25) is 0 Å². The van der Waals surface area contributed by atoms with Crippen LogP contribution in [-0.2, 0) is 0 Å². The van der Waals surface area contributed by atoms with E-state index in [4.69, 9.17) is 0 Å². The molecule has 0 aromatic carbocycles. The molecule has 0 bridgehead atoms. The van der Waals surface area contributed by atoms with E-state index >= 15 is 0 Å². The third kappa shape index (κ3) is 5.74. The van der Waals surface area contributed by atoms with Gasteiger partial charge in [0.1, 0.15) is 0 Å². The zero-order chi connectivity index (χ0) is 6.24. The Hall–Kier alpha value is -0.260. The van der Waals surface area contributed by atoms with Crippen LogP contribution in [0.1, 0.15) is 25.7 Å². The Balaban J connectivity index is 2.62. The third-order valence-corrected chi connectivity index (χ3v) is 1.04. The van der Waals surface area contributed by atoms with E-state index in [-0.39, 0.29) is 0 Å². The van der Waals surface area contributed by atoms with Gasteiger partial charge >= 0.3 is 0 Å². The highest BCUT2D eigenvalue weighted by atomic mass is 13.9. The molecule has 0 spiro atoms. The van der Waals surface area contributed by atoms with Crippen LogP contribution in [0.5, 0.6) is 0 Å². The van der Waals surface area contributed by atoms with E-state index < -0.39 is 0 Å². The lowest BCUT2D eigenvalue weighted by molar-refractivity contribution is 0.746. The third-order valence-electron chi connectivity index (χ3n) is 1.04.